The van der Waals surface area contributed by atoms with Gasteiger partial charge in [-0.1, -0.05) is 49.0 Å². The zero-order chi connectivity index (χ0) is 13.6. The highest BCUT2D eigenvalue weighted by Gasteiger charge is 2.23. The highest BCUT2D eigenvalue weighted by atomic mass is 79.9. The Morgan fingerprint density at radius 3 is 2.33 bits per heavy atom. The van der Waals surface area contributed by atoms with Crippen LogP contribution in [0.5, 0.6) is 0 Å². The average molecular weight is 340 g/mol. The molecular weight excluding hydrogens is 314 g/mol. The predicted molar refractivity (Wildman–Crippen MR) is 80.5 cm³/mol. The third-order valence-corrected chi connectivity index (χ3v) is 5.85. The molecule has 0 aliphatic heterocycles. The molecule has 1 aliphatic rings. The highest BCUT2D eigenvalue weighted by Crippen LogP contribution is 2.24. The SMILES string of the molecule is CC(C)CC(CBr)NS(=O)(=O)CC1CCCCC1. The number of halogens is 1. The second-order valence-electron chi connectivity index (χ2n) is 5.88. The van der Waals surface area contributed by atoms with E-state index in [1.54, 1.807) is 0 Å². The minimum Gasteiger partial charge on any atom is -0.212 e. The average Bonchev–Trinajstić information content (AvgIpc) is 2.27. The van der Waals surface area contributed by atoms with Gasteiger partial charge in [0.25, 0.3) is 0 Å². The molecule has 1 rings (SSSR count). The van der Waals surface area contributed by atoms with Crippen LogP contribution in [0.15, 0.2) is 0 Å². The van der Waals surface area contributed by atoms with Gasteiger partial charge in [-0.25, -0.2) is 13.1 Å². The van der Waals surface area contributed by atoms with Gasteiger partial charge >= 0.3 is 0 Å². The van der Waals surface area contributed by atoms with Gasteiger partial charge in [0, 0.05) is 11.4 Å². The van der Waals surface area contributed by atoms with Gasteiger partial charge in [-0.3, -0.25) is 0 Å². The lowest BCUT2D eigenvalue weighted by atomic mass is 9.91. The lowest BCUT2D eigenvalue weighted by molar-refractivity contribution is 0.382. The lowest BCUT2D eigenvalue weighted by Crippen LogP contribution is -2.40. The van der Waals surface area contributed by atoms with E-state index in [2.05, 4.69) is 34.5 Å². The Balaban J connectivity index is 2.46. The van der Waals surface area contributed by atoms with Crippen LogP contribution in [0.4, 0.5) is 0 Å². The van der Waals surface area contributed by atoms with Crippen LogP contribution in [0.2, 0.25) is 0 Å². The summed E-state index contributed by atoms with van der Waals surface area (Å²) in [5, 5.41) is 0.690. The Hall–Kier alpha value is 0.390. The zero-order valence-corrected chi connectivity index (χ0v) is 13.9. The molecule has 1 atom stereocenters. The van der Waals surface area contributed by atoms with Crippen molar-refractivity contribution in [3.05, 3.63) is 0 Å². The molecule has 5 heteroatoms. The molecule has 1 N–H and O–H groups in total. The number of alkyl halides is 1. The maximum absolute atomic E-state index is 12.1. The fourth-order valence-electron chi connectivity index (χ4n) is 2.68. The smallest absolute Gasteiger partial charge is 0.212 e. The molecule has 1 aliphatic carbocycles. The Labute approximate surface area is 120 Å². The number of hydrogen-bond acceptors (Lipinski definition) is 2. The van der Waals surface area contributed by atoms with Crippen molar-refractivity contribution < 1.29 is 8.42 Å². The molecule has 3 nitrogen and oxygen atoms in total. The van der Waals surface area contributed by atoms with Gasteiger partial charge in [0.2, 0.25) is 10.0 Å². The molecule has 0 aromatic rings. The van der Waals surface area contributed by atoms with Crippen LogP contribution in [0, 0.1) is 11.8 Å². The van der Waals surface area contributed by atoms with Gasteiger partial charge in [-0.05, 0) is 31.1 Å². The molecule has 1 saturated carbocycles. The number of nitrogens with one attached hydrogen (secondary N) is 1. The van der Waals surface area contributed by atoms with E-state index in [9.17, 15) is 8.42 Å². The summed E-state index contributed by atoms with van der Waals surface area (Å²) in [6.07, 6.45) is 6.67. The molecule has 0 aromatic heterocycles. The summed E-state index contributed by atoms with van der Waals surface area (Å²) < 4.78 is 27.1. The predicted octanol–water partition coefficient (Wildman–Crippen LogP) is 3.30. The van der Waals surface area contributed by atoms with Crippen molar-refractivity contribution in [2.24, 2.45) is 11.8 Å². The maximum atomic E-state index is 12.1. The van der Waals surface area contributed by atoms with Gasteiger partial charge < -0.3 is 0 Å². The first kappa shape index (κ1) is 16.4. The van der Waals surface area contributed by atoms with Crippen molar-refractivity contribution in [1.29, 1.82) is 0 Å². The third-order valence-electron chi connectivity index (χ3n) is 3.47. The van der Waals surface area contributed by atoms with Crippen molar-refractivity contribution in [3.63, 3.8) is 0 Å². The molecule has 0 bridgehead atoms. The molecule has 108 valence electrons. The van der Waals surface area contributed by atoms with Crippen molar-refractivity contribution in [2.45, 2.75) is 58.4 Å². The summed E-state index contributed by atoms with van der Waals surface area (Å²) >= 11 is 3.40. The Bertz CT molecular complexity index is 324. The number of hydrogen-bond donors (Lipinski definition) is 1. The first-order valence-corrected chi connectivity index (χ1v) is 9.76. The van der Waals surface area contributed by atoms with Crippen LogP contribution in [0.25, 0.3) is 0 Å². The van der Waals surface area contributed by atoms with Gasteiger partial charge in [0.15, 0.2) is 0 Å². The fourth-order valence-corrected chi connectivity index (χ4v) is 5.06. The van der Waals surface area contributed by atoms with E-state index >= 15 is 0 Å². The highest BCUT2D eigenvalue weighted by molar-refractivity contribution is 9.09. The maximum Gasteiger partial charge on any atom is 0.212 e. The zero-order valence-electron chi connectivity index (χ0n) is 11.5. The molecule has 0 saturated heterocycles. The van der Waals surface area contributed by atoms with Crippen molar-refractivity contribution in [2.75, 3.05) is 11.1 Å². The van der Waals surface area contributed by atoms with E-state index in [0.717, 1.165) is 19.3 Å². The van der Waals surface area contributed by atoms with E-state index < -0.39 is 10.0 Å². The van der Waals surface area contributed by atoms with E-state index in [1.165, 1.54) is 19.3 Å². The van der Waals surface area contributed by atoms with Gasteiger partial charge in [-0.2, -0.15) is 0 Å². The minimum atomic E-state index is -3.12. The fraction of sp³-hybridized carbons (Fsp3) is 1.00. The number of sulfonamides is 1. The molecule has 0 aromatic carbocycles. The Kier molecular flexibility index (Phi) is 7.17. The molecule has 0 heterocycles. The first-order valence-electron chi connectivity index (χ1n) is 6.99. The Morgan fingerprint density at radius 2 is 1.83 bits per heavy atom. The van der Waals surface area contributed by atoms with Crippen LogP contribution in [-0.2, 0) is 10.0 Å². The standard InChI is InChI=1S/C13H26BrNO2S/c1-11(2)8-13(9-14)15-18(16,17)10-12-6-4-3-5-7-12/h11-13,15H,3-10H2,1-2H3. The monoisotopic (exact) mass is 339 g/mol. The summed E-state index contributed by atoms with van der Waals surface area (Å²) in [5.74, 6) is 1.19. The molecule has 0 amide bonds. The van der Waals surface area contributed by atoms with Crippen LogP contribution in [-0.4, -0.2) is 25.5 Å². The largest absolute Gasteiger partial charge is 0.212 e. The van der Waals surface area contributed by atoms with E-state index in [0.29, 0.717) is 22.9 Å². The Morgan fingerprint density at radius 1 is 1.22 bits per heavy atom. The summed E-state index contributed by atoms with van der Waals surface area (Å²) in [5.41, 5.74) is 0. The lowest BCUT2D eigenvalue weighted by Gasteiger charge is -2.23. The first-order chi connectivity index (χ1) is 8.43. The van der Waals surface area contributed by atoms with Gasteiger partial charge in [0.1, 0.15) is 0 Å². The summed E-state index contributed by atoms with van der Waals surface area (Å²) in [6, 6.07) is 0.0265. The second-order valence-corrected chi connectivity index (χ2v) is 8.33. The number of rotatable bonds is 7. The van der Waals surface area contributed by atoms with Gasteiger partial charge in [-0.15, -0.1) is 0 Å². The van der Waals surface area contributed by atoms with Crippen molar-refractivity contribution in [1.82, 2.24) is 4.72 Å². The van der Waals surface area contributed by atoms with Crippen molar-refractivity contribution >= 4 is 26.0 Å². The van der Waals surface area contributed by atoms with Crippen LogP contribution >= 0.6 is 15.9 Å². The van der Waals surface area contributed by atoms with E-state index in [-0.39, 0.29) is 6.04 Å². The second kappa shape index (κ2) is 7.85. The molecule has 1 fully saturated rings. The summed E-state index contributed by atoms with van der Waals surface area (Å²) in [4.78, 5) is 0. The van der Waals surface area contributed by atoms with Crippen molar-refractivity contribution in [3.8, 4) is 0 Å². The summed E-state index contributed by atoms with van der Waals surface area (Å²) in [7, 11) is -3.12. The van der Waals surface area contributed by atoms with Crippen LogP contribution in [0.1, 0.15) is 52.4 Å². The molecule has 0 radical (unpaired) electrons. The molecule has 18 heavy (non-hydrogen) atoms. The van der Waals surface area contributed by atoms with Crippen LogP contribution in [0.3, 0.4) is 0 Å². The topological polar surface area (TPSA) is 46.2 Å². The van der Waals surface area contributed by atoms with E-state index in [4.69, 9.17) is 0 Å². The molecular formula is C13H26BrNO2S. The van der Waals surface area contributed by atoms with Gasteiger partial charge in [0.05, 0.1) is 5.75 Å². The minimum absolute atomic E-state index is 0.0265. The summed E-state index contributed by atoms with van der Waals surface area (Å²) in [6.45, 7) is 4.23. The third kappa shape index (κ3) is 6.53. The van der Waals surface area contributed by atoms with Crippen LogP contribution < -0.4 is 4.72 Å². The van der Waals surface area contributed by atoms with E-state index in [1.807, 2.05) is 0 Å². The normalized spacial score (nSPS) is 20.2. The quantitative estimate of drug-likeness (QED) is 0.723. The molecule has 1 unspecified atom stereocenters. The molecule has 0 spiro atoms.